The summed E-state index contributed by atoms with van der Waals surface area (Å²) in [7, 11) is -3.38. The second kappa shape index (κ2) is 4.96. The van der Waals surface area contributed by atoms with Crippen molar-refractivity contribution in [3.8, 4) is 0 Å². The first kappa shape index (κ1) is 7.82. The molecule has 0 rings (SSSR count). The molecule has 0 saturated carbocycles. The Morgan fingerprint density at radius 2 is 2.12 bits per heavy atom. The van der Waals surface area contributed by atoms with Crippen LogP contribution in [0, 0.1) is 0 Å². The maximum absolute atomic E-state index is 11.4. The van der Waals surface area contributed by atoms with Crippen molar-refractivity contribution in [2.45, 2.75) is 19.8 Å². The molecule has 0 amide bonds. The molecule has 0 nitrogen and oxygen atoms in total. The van der Waals surface area contributed by atoms with Crippen molar-refractivity contribution in [2.24, 2.45) is 0 Å². The van der Waals surface area contributed by atoms with Crippen LogP contribution in [-0.2, 0) is 0 Å². The molecule has 0 aromatic carbocycles. The molecule has 0 aromatic heterocycles. The zero-order chi connectivity index (χ0) is 6.41. The van der Waals surface area contributed by atoms with Crippen molar-refractivity contribution in [2.75, 3.05) is 0 Å². The van der Waals surface area contributed by atoms with Crippen molar-refractivity contribution >= 4 is 9.46 Å². The molecule has 0 atom stereocenters. The molecule has 0 aliphatic rings. The highest BCUT2D eigenvalue weighted by Crippen LogP contribution is 1.92. The van der Waals surface area contributed by atoms with Gasteiger partial charge in [-0.1, -0.05) is 19.4 Å². The molecule has 0 N–H and O–H groups in total. The molecule has 0 aliphatic carbocycles. The summed E-state index contributed by atoms with van der Waals surface area (Å²) in [5.41, 5.74) is 1.06. The van der Waals surface area contributed by atoms with Crippen molar-refractivity contribution in [3.05, 3.63) is 11.8 Å². The molecule has 0 aliphatic heterocycles. The van der Waals surface area contributed by atoms with Gasteiger partial charge < -0.3 is 0 Å². The van der Waals surface area contributed by atoms with Gasteiger partial charge in [-0.3, -0.25) is 8.22 Å². The van der Waals surface area contributed by atoms with Crippen molar-refractivity contribution < 1.29 is 8.22 Å². The van der Waals surface area contributed by atoms with Gasteiger partial charge in [-0.05, 0) is 12.1 Å². The van der Waals surface area contributed by atoms with E-state index >= 15 is 0 Å². The second-order valence-corrected chi connectivity index (χ2v) is 2.61. The lowest BCUT2D eigenvalue weighted by Crippen LogP contribution is -1.87. The lowest BCUT2D eigenvalue weighted by molar-refractivity contribution is 0.682. The summed E-state index contributed by atoms with van der Waals surface area (Å²) in [4.78, 5) is 0. The maximum atomic E-state index is 11.4. The van der Waals surface area contributed by atoms with Gasteiger partial charge in [-0.2, -0.15) is 0 Å². The monoisotopic (exact) mass is 136 g/mol. The Bertz CT molecular complexity index is 70.8. The zero-order valence-electron chi connectivity index (χ0n) is 4.90. The van der Waals surface area contributed by atoms with Crippen LogP contribution in [0.3, 0.4) is 0 Å². The summed E-state index contributed by atoms with van der Waals surface area (Å²) in [6.07, 6.45) is 3.31. The SMILES string of the molecule is CCCC=C[SiH](F)F. The van der Waals surface area contributed by atoms with Gasteiger partial charge in [0, 0.05) is 0 Å². The van der Waals surface area contributed by atoms with Crippen LogP contribution in [-0.4, -0.2) is 9.46 Å². The Hall–Kier alpha value is -0.183. The van der Waals surface area contributed by atoms with Crippen LogP contribution in [0.2, 0.25) is 0 Å². The average molecular weight is 136 g/mol. The van der Waals surface area contributed by atoms with Crippen LogP contribution in [0.1, 0.15) is 19.8 Å². The fourth-order valence-corrected chi connectivity index (χ4v) is 0.764. The molecule has 0 fully saturated rings. The van der Waals surface area contributed by atoms with Gasteiger partial charge in [-0.15, -0.1) is 0 Å². The van der Waals surface area contributed by atoms with Gasteiger partial charge in [0.15, 0.2) is 0 Å². The Kier molecular flexibility index (Phi) is 4.85. The van der Waals surface area contributed by atoms with Gasteiger partial charge in [0.1, 0.15) is 0 Å². The predicted octanol–water partition coefficient (Wildman–Crippen LogP) is 2.04. The van der Waals surface area contributed by atoms with Crippen molar-refractivity contribution in [1.82, 2.24) is 0 Å². The topological polar surface area (TPSA) is 0 Å². The third-order valence-corrected chi connectivity index (χ3v) is 1.30. The molecule has 0 heterocycles. The zero-order valence-corrected chi connectivity index (χ0v) is 6.06. The van der Waals surface area contributed by atoms with E-state index in [1.54, 1.807) is 6.08 Å². The molecule has 0 bridgehead atoms. The van der Waals surface area contributed by atoms with Gasteiger partial charge in [0.25, 0.3) is 0 Å². The minimum atomic E-state index is -3.38. The van der Waals surface area contributed by atoms with E-state index < -0.39 is 9.46 Å². The third kappa shape index (κ3) is 5.82. The number of rotatable bonds is 3. The summed E-state index contributed by atoms with van der Waals surface area (Å²) in [5, 5.41) is 0. The van der Waals surface area contributed by atoms with E-state index in [0.717, 1.165) is 18.5 Å². The lowest BCUT2D eigenvalue weighted by Gasteiger charge is -1.82. The number of unbranched alkanes of at least 4 members (excludes halogenated alkanes) is 1. The Labute approximate surface area is 50.2 Å². The van der Waals surface area contributed by atoms with Crippen LogP contribution >= 0.6 is 0 Å². The molecule has 3 heteroatoms. The highest BCUT2D eigenvalue weighted by molar-refractivity contribution is 6.49. The van der Waals surface area contributed by atoms with Gasteiger partial charge >= 0.3 is 9.46 Å². The van der Waals surface area contributed by atoms with E-state index in [2.05, 4.69) is 0 Å². The van der Waals surface area contributed by atoms with E-state index in [1.165, 1.54) is 0 Å². The molecule has 0 aromatic rings. The molecule has 8 heavy (non-hydrogen) atoms. The first-order chi connectivity index (χ1) is 3.77. The molecular formula is C5H10F2Si. The van der Waals surface area contributed by atoms with Crippen LogP contribution in [0.25, 0.3) is 0 Å². The molecule has 0 saturated heterocycles. The molecule has 0 radical (unpaired) electrons. The van der Waals surface area contributed by atoms with Gasteiger partial charge in [-0.25, -0.2) is 0 Å². The maximum Gasteiger partial charge on any atom is 0.434 e. The molecular weight excluding hydrogens is 126 g/mol. The Balaban J connectivity index is 3.07. The van der Waals surface area contributed by atoms with Gasteiger partial charge in [0.2, 0.25) is 0 Å². The van der Waals surface area contributed by atoms with Crippen LogP contribution < -0.4 is 0 Å². The van der Waals surface area contributed by atoms with Crippen molar-refractivity contribution in [1.29, 1.82) is 0 Å². The number of allylic oxidation sites excluding steroid dienone is 1. The Morgan fingerprint density at radius 1 is 1.50 bits per heavy atom. The second-order valence-electron chi connectivity index (χ2n) is 1.55. The fraction of sp³-hybridized carbons (Fsp3) is 0.600. The summed E-state index contributed by atoms with van der Waals surface area (Å²) in [6, 6.07) is 0. The summed E-state index contributed by atoms with van der Waals surface area (Å²) in [5.74, 6) is 0. The van der Waals surface area contributed by atoms with Crippen molar-refractivity contribution in [3.63, 3.8) is 0 Å². The minimum absolute atomic E-state index is 0.789. The van der Waals surface area contributed by atoms with E-state index in [1.807, 2.05) is 6.92 Å². The highest BCUT2D eigenvalue weighted by Gasteiger charge is 1.96. The van der Waals surface area contributed by atoms with E-state index in [9.17, 15) is 8.22 Å². The van der Waals surface area contributed by atoms with Gasteiger partial charge in [0.05, 0.1) is 0 Å². The van der Waals surface area contributed by atoms with E-state index in [-0.39, 0.29) is 0 Å². The largest absolute Gasteiger partial charge is 0.434 e. The summed E-state index contributed by atoms with van der Waals surface area (Å²) in [6.45, 7) is 1.97. The van der Waals surface area contributed by atoms with E-state index in [4.69, 9.17) is 0 Å². The fourth-order valence-electron chi connectivity index (χ4n) is 0.366. The van der Waals surface area contributed by atoms with Crippen LogP contribution in [0.5, 0.6) is 0 Å². The first-order valence-electron chi connectivity index (χ1n) is 2.72. The molecule has 0 unspecified atom stereocenters. The summed E-state index contributed by atoms with van der Waals surface area (Å²) < 4.78 is 22.8. The quantitative estimate of drug-likeness (QED) is 0.411. The minimum Gasteiger partial charge on any atom is -0.269 e. The highest BCUT2D eigenvalue weighted by atomic mass is 28.4. The van der Waals surface area contributed by atoms with Crippen LogP contribution in [0.4, 0.5) is 8.22 Å². The average Bonchev–Trinajstić information content (AvgIpc) is 1.66. The lowest BCUT2D eigenvalue weighted by atomic mass is 10.3. The number of halogens is 2. The number of hydrogen-bond donors (Lipinski definition) is 0. The van der Waals surface area contributed by atoms with Crippen LogP contribution in [0.15, 0.2) is 11.8 Å². The molecule has 48 valence electrons. The third-order valence-electron chi connectivity index (χ3n) is 0.737. The summed E-state index contributed by atoms with van der Waals surface area (Å²) >= 11 is 0. The first-order valence-corrected chi connectivity index (χ1v) is 4.26. The molecule has 0 spiro atoms. The normalized spacial score (nSPS) is 11.5. The number of hydrogen-bond acceptors (Lipinski definition) is 0. The predicted molar refractivity (Wildman–Crippen MR) is 33.4 cm³/mol. The standard InChI is InChI=1S/C5H10F2Si/c1-2-3-4-5-8(6)7/h4-5,8H,2-3H2,1H3. The van der Waals surface area contributed by atoms with E-state index in [0.29, 0.717) is 0 Å². The Morgan fingerprint density at radius 3 is 2.50 bits per heavy atom. The smallest absolute Gasteiger partial charge is 0.269 e.